The Morgan fingerprint density at radius 1 is 1.33 bits per heavy atom. The Hall–Kier alpha value is -1.83. The van der Waals surface area contributed by atoms with Crippen molar-refractivity contribution < 1.29 is 23.9 Å². The maximum Gasteiger partial charge on any atom is 0.408 e. The first-order valence-electron chi connectivity index (χ1n) is 8.30. The fraction of sp³-hybridized carbons (Fsp3) is 0.812. The highest BCUT2D eigenvalue weighted by molar-refractivity contribution is 5.93. The van der Waals surface area contributed by atoms with E-state index in [4.69, 9.17) is 9.47 Å². The van der Waals surface area contributed by atoms with Crippen LogP contribution in [0.3, 0.4) is 0 Å². The number of ether oxygens (including phenoxy) is 2. The van der Waals surface area contributed by atoms with Crippen LogP contribution in [0.25, 0.3) is 0 Å². The quantitative estimate of drug-likeness (QED) is 0.706. The Balaban J connectivity index is 2.17. The van der Waals surface area contributed by atoms with E-state index in [9.17, 15) is 14.4 Å². The van der Waals surface area contributed by atoms with Crippen molar-refractivity contribution in [3.05, 3.63) is 0 Å². The van der Waals surface area contributed by atoms with Crippen molar-refractivity contribution >= 4 is 18.0 Å². The zero-order chi connectivity index (χ0) is 18.0. The van der Waals surface area contributed by atoms with Crippen LogP contribution in [0.1, 0.15) is 40.0 Å². The normalized spacial score (nSPS) is 27.8. The fourth-order valence-corrected chi connectivity index (χ4v) is 3.34. The molecule has 2 N–H and O–H groups in total. The van der Waals surface area contributed by atoms with Crippen molar-refractivity contribution in [1.82, 2.24) is 15.5 Å². The highest BCUT2D eigenvalue weighted by atomic mass is 16.6. The number of amides is 2. The number of carbonyl (C=O) groups is 3. The molecule has 136 valence electrons. The Morgan fingerprint density at radius 2 is 2.04 bits per heavy atom. The third kappa shape index (κ3) is 3.80. The predicted octanol–water partition coefficient (Wildman–Crippen LogP) is 0.407. The third-order valence-corrected chi connectivity index (χ3v) is 4.37. The SMILES string of the molecule is COC(=O)[C@]12CCCN1C(=O)[C@H](NC(=O)OC(C)(C)C)CNCC2. The fourth-order valence-electron chi connectivity index (χ4n) is 3.34. The second kappa shape index (κ2) is 6.96. The van der Waals surface area contributed by atoms with Crippen molar-refractivity contribution in [3.8, 4) is 0 Å². The van der Waals surface area contributed by atoms with E-state index < -0.39 is 29.2 Å². The van der Waals surface area contributed by atoms with E-state index in [0.29, 0.717) is 32.5 Å². The molecule has 2 fully saturated rings. The van der Waals surface area contributed by atoms with Crippen LogP contribution < -0.4 is 10.6 Å². The molecule has 8 heteroatoms. The maximum atomic E-state index is 12.9. The molecule has 2 heterocycles. The Bertz CT molecular complexity index is 516. The second-order valence-electron chi connectivity index (χ2n) is 7.27. The lowest BCUT2D eigenvalue weighted by atomic mass is 9.90. The van der Waals surface area contributed by atoms with Gasteiger partial charge in [0.1, 0.15) is 17.2 Å². The van der Waals surface area contributed by atoms with Crippen LogP contribution in [0.15, 0.2) is 0 Å². The van der Waals surface area contributed by atoms with E-state index in [1.807, 2.05) is 0 Å². The van der Waals surface area contributed by atoms with Crippen molar-refractivity contribution in [3.63, 3.8) is 0 Å². The summed E-state index contributed by atoms with van der Waals surface area (Å²) >= 11 is 0. The van der Waals surface area contributed by atoms with E-state index >= 15 is 0 Å². The van der Waals surface area contributed by atoms with Gasteiger partial charge >= 0.3 is 12.1 Å². The van der Waals surface area contributed by atoms with Gasteiger partial charge in [-0.1, -0.05) is 0 Å². The van der Waals surface area contributed by atoms with Crippen molar-refractivity contribution in [1.29, 1.82) is 0 Å². The molecule has 0 spiro atoms. The lowest BCUT2D eigenvalue weighted by molar-refractivity contribution is -0.161. The molecule has 2 amide bonds. The highest BCUT2D eigenvalue weighted by Crippen LogP contribution is 2.34. The predicted molar refractivity (Wildman–Crippen MR) is 86.3 cm³/mol. The molecule has 8 nitrogen and oxygen atoms in total. The molecule has 0 bridgehead atoms. The van der Waals surface area contributed by atoms with Crippen LogP contribution in [-0.2, 0) is 19.1 Å². The van der Waals surface area contributed by atoms with Crippen LogP contribution in [0.5, 0.6) is 0 Å². The van der Waals surface area contributed by atoms with E-state index in [1.54, 1.807) is 25.7 Å². The van der Waals surface area contributed by atoms with Gasteiger partial charge in [-0.05, 0) is 46.6 Å². The molecule has 2 saturated heterocycles. The Morgan fingerprint density at radius 3 is 2.67 bits per heavy atom. The number of fused-ring (bicyclic) bond motifs is 1. The molecule has 0 radical (unpaired) electrons. The topological polar surface area (TPSA) is 97.0 Å². The monoisotopic (exact) mass is 341 g/mol. The average molecular weight is 341 g/mol. The molecule has 0 aromatic rings. The van der Waals surface area contributed by atoms with E-state index in [-0.39, 0.29) is 5.91 Å². The summed E-state index contributed by atoms with van der Waals surface area (Å²) in [5.41, 5.74) is -1.58. The minimum atomic E-state index is -0.937. The standard InChI is InChI=1S/C16H27N3O5/c1-15(2,3)24-14(22)18-11-10-17-8-7-16(13(21)23-4)6-5-9-19(16)12(11)20/h11,17H,5-10H2,1-4H3,(H,18,22)/t11-,16-/m1/s1. The molecular formula is C16H27N3O5. The number of nitrogens with zero attached hydrogens (tertiary/aromatic N) is 1. The minimum absolute atomic E-state index is 0.282. The summed E-state index contributed by atoms with van der Waals surface area (Å²) in [6.45, 7) is 6.62. The number of esters is 1. The summed E-state index contributed by atoms with van der Waals surface area (Å²) in [5.74, 6) is -0.677. The summed E-state index contributed by atoms with van der Waals surface area (Å²) in [5, 5.41) is 5.74. The first kappa shape index (κ1) is 18.5. The summed E-state index contributed by atoms with van der Waals surface area (Å²) in [7, 11) is 1.33. The number of carbonyl (C=O) groups excluding carboxylic acids is 3. The molecule has 2 rings (SSSR count). The van der Waals surface area contributed by atoms with Crippen LogP contribution in [-0.4, -0.2) is 66.8 Å². The lowest BCUT2D eigenvalue weighted by Gasteiger charge is -2.40. The molecule has 0 saturated carbocycles. The summed E-state index contributed by atoms with van der Waals surface area (Å²) in [4.78, 5) is 38.8. The lowest BCUT2D eigenvalue weighted by Crippen LogP contribution is -2.63. The van der Waals surface area contributed by atoms with Gasteiger partial charge in [-0.3, -0.25) is 4.79 Å². The first-order chi connectivity index (χ1) is 11.2. The average Bonchev–Trinajstić information content (AvgIpc) is 2.90. The van der Waals surface area contributed by atoms with Gasteiger partial charge in [0.2, 0.25) is 5.91 Å². The summed E-state index contributed by atoms with van der Waals surface area (Å²) < 4.78 is 10.2. The summed E-state index contributed by atoms with van der Waals surface area (Å²) in [6.07, 6.45) is 1.17. The van der Waals surface area contributed by atoms with Gasteiger partial charge in [0.15, 0.2) is 0 Å². The molecule has 2 aliphatic heterocycles. The zero-order valence-corrected chi connectivity index (χ0v) is 14.8. The number of nitrogens with one attached hydrogen (secondary N) is 2. The number of hydrogen-bond donors (Lipinski definition) is 2. The maximum absolute atomic E-state index is 12.9. The minimum Gasteiger partial charge on any atom is -0.467 e. The second-order valence-corrected chi connectivity index (χ2v) is 7.27. The van der Waals surface area contributed by atoms with Gasteiger partial charge < -0.3 is 25.0 Å². The summed E-state index contributed by atoms with van der Waals surface area (Å²) in [6, 6.07) is -0.776. The van der Waals surface area contributed by atoms with E-state index in [2.05, 4.69) is 10.6 Å². The molecule has 24 heavy (non-hydrogen) atoms. The number of methoxy groups -OCH3 is 1. The largest absolute Gasteiger partial charge is 0.467 e. The van der Waals surface area contributed by atoms with Gasteiger partial charge in [-0.25, -0.2) is 9.59 Å². The molecular weight excluding hydrogens is 314 g/mol. The molecule has 2 aliphatic rings. The van der Waals surface area contributed by atoms with Crippen molar-refractivity contribution in [2.24, 2.45) is 0 Å². The zero-order valence-electron chi connectivity index (χ0n) is 14.8. The number of hydrogen-bond acceptors (Lipinski definition) is 6. The smallest absolute Gasteiger partial charge is 0.408 e. The van der Waals surface area contributed by atoms with Crippen molar-refractivity contribution in [2.75, 3.05) is 26.7 Å². The molecule has 0 unspecified atom stereocenters. The number of rotatable bonds is 2. The van der Waals surface area contributed by atoms with Gasteiger partial charge in [0, 0.05) is 13.1 Å². The third-order valence-electron chi connectivity index (χ3n) is 4.37. The van der Waals surface area contributed by atoms with E-state index in [1.165, 1.54) is 7.11 Å². The molecule has 0 aromatic carbocycles. The van der Waals surface area contributed by atoms with Gasteiger partial charge in [-0.2, -0.15) is 0 Å². The van der Waals surface area contributed by atoms with Crippen LogP contribution in [0.4, 0.5) is 4.79 Å². The highest BCUT2D eigenvalue weighted by Gasteiger charge is 2.52. The molecule has 0 aliphatic carbocycles. The van der Waals surface area contributed by atoms with Gasteiger partial charge in [-0.15, -0.1) is 0 Å². The van der Waals surface area contributed by atoms with Gasteiger partial charge in [0.05, 0.1) is 7.11 Å². The van der Waals surface area contributed by atoms with Gasteiger partial charge in [0.25, 0.3) is 0 Å². The van der Waals surface area contributed by atoms with Crippen LogP contribution in [0.2, 0.25) is 0 Å². The molecule has 0 aromatic heterocycles. The van der Waals surface area contributed by atoms with E-state index in [0.717, 1.165) is 6.42 Å². The van der Waals surface area contributed by atoms with Crippen LogP contribution in [0, 0.1) is 0 Å². The Labute approximate surface area is 142 Å². The van der Waals surface area contributed by atoms with Crippen LogP contribution >= 0.6 is 0 Å². The van der Waals surface area contributed by atoms with Crippen molar-refractivity contribution in [2.45, 2.75) is 57.2 Å². The number of alkyl carbamates (subject to hydrolysis) is 1. The first-order valence-corrected chi connectivity index (χ1v) is 8.30. The molecule has 2 atom stereocenters. The Kier molecular flexibility index (Phi) is 5.37.